The molecule has 39 heavy (non-hydrogen) atoms. The lowest BCUT2D eigenvalue weighted by molar-refractivity contribution is -0.127. The highest BCUT2D eigenvalue weighted by atomic mass is 16.5. The number of rotatable bonds is 6. The summed E-state index contributed by atoms with van der Waals surface area (Å²) in [6, 6.07) is 9.40. The molecular weight excluding hydrogens is 500 g/mol. The number of primary amides is 1. The van der Waals surface area contributed by atoms with Gasteiger partial charge in [0.1, 0.15) is 28.6 Å². The van der Waals surface area contributed by atoms with Gasteiger partial charge in [-0.25, -0.2) is 0 Å². The van der Waals surface area contributed by atoms with Crippen LogP contribution in [0.5, 0.6) is 11.5 Å². The number of phenols is 1. The zero-order valence-electron chi connectivity index (χ0n) is 22.1. The fourth-order valence-corrected chi connectivity index (χ4v) is 6.29. The van der Waals surface area contributed by atoms with Crippen LogP contribution in [0.25, 0.3) is 16.9 Å². The Bertz CT molecular complexity index is 1470. The number of amides is 1. The SMILES string of the molecule is COc1ccc(CNC(C)C)cc1-c1ccc(O)c2c1CC1CC3CC(=O)C(C(N)=O)=C(O)C3C(=O)C1=C2O. The smallest absolute Gasteiger partial charge is 0.255 e. The molecule has 0 bridgehead atoms. The molecule has 1 saturated carbocycles. The van der Waals surface area contributed by atoms with Gasteiger partial charge in [0, 0.05) is 30.1 Å². The monoisotopic (exact) mass is 532 g/mol. The number of methoxy groups -OCH3 is 1. The van der Waals surface area contributed by atoms with Crippen LogP contribution in [0.4, 0.5) is 0 Å². The van der Waals surface area contributed by atoms with Crippen molar-refractivity contribution in [2.45, 2.75) is 45.7 Å². The van der Waals surface area contributed by atoms with E-state index in [0.717, 1.165) is 16.7 Å². The van der Waals surface area contributed by atoms with Crippen molar-refractivity contribution in [3.8, 4) is 22.6 Å². The molecule has 3 aliphatic carbocycles. The number of allylic oxidation sites excluding steroid dienone is 2. The normalized spacial score (nSPS) is 22.5. The van der Waals surface area contributed by atoms with E-state index < -0.39 is 46.6 Å². The van der Waals surface area contributed by atoms with Gasteiger partial charge >= 0.3 is 0 Å². The maximum absolute atomic E-state index is 13.7. The van der Waals surface area contributed by atoms with Crippen LogP contribution in [0, 0.1) is 17.8 Å². The largest absolute Gasteiger partial charge is 0.511 e. The number of aromatic hydroxyl groups is 1. The predicted octanol–water partition coefficient (Wildman–Crippen LogP) is 3.48. The summed E-state index contributed by atoms with van der Waals surface area (Å²) in [5.41, 5.74) is 8.22. The van der Waals surface area contributed by atoms with Crippen LogP contribution in [0.2, 0.25) is 0 Å². The first kappa shape index (κ1) is 26.5. The number of hydrogen-bond acceptors (Lipinski definition) is 8. The summed E-state index contributed by atoms with van der Waals surface area (Å²) in [6.07, 6.45) is 0.565. The van der Waals surface area contributed by atoms with Gasteiger partial charge < -0.3 is 31.1 Å². The molecule has 0 saturated heterocycles. The molecule has 3 unspecified atom stereocenters. The molecule has 0 heterocycles. The Morgan fingerprint density at radius 2 is 1.85 bits per heavy atom. The minimum atomic E-state index is -1.14. The summed E-state index contributed by atoms with van der Waals surface area (Å²) in [4.78, 5) is 38.0. The van der Waals surface area contributed by atoms with Crippen LogP contribution in [0.15, 0.2) is 47.2 Å². The number of Topliss-reactive ketones (excluding diaryl/α,β-unsaturated/α-hetero) is 2. The average Bonchev–Trinajstić information content (AvgIpc) is 2.86. The molecule has 3 aliphatic rings. The third kappa shape index (κ3) is 4.36. The number of ketones is 2. The molecule has 9 nitrogen and oxygen atoms in total. The van der Waals surface area contributed by atoms with Crippen LogP contribution in [-0.4, -0.2) is 45.9 Å². The van der Waals surface area contributed by atoms with E-state index in [1.54, 1.807) is 13.2 Å². The van der Waals surface area contributed by atoms with Crippen molar-refractivity contribution < 1.29 is 34.4 Å². The Balaban J connectivity index is 1.64. The highest BCUT2D eigenvalue weighted by molar-refractivity contribution is 6.21. The van der Waals surface area contributed by atoms with Crippen molar-refractivity contribution >= 4 is 23.2 Å². The summed E-state index contributed by atoms with van der Waals surface area (Å²) in [5.74, 6) is -4.90. The van der Waals surface area contributed by atoms with Gasteiger partial charge in [0.05, 0.1) is 18.6 Å². The molecule has 1 fully saturated rings. The Kier molecular flexibility index (Phi) is 6.72. The van der Waals surface area contributed by atoms with Crippen LogP contribution < -0.4 is 15.8 Å². The second-order valence-corrected chi connectivity index (χ2v) is 10.8. The number of nitrogens with two attached hydrogens (primary N) is 1. The van der Waals surface area contributed by atoms with E-state index >= 15 is 0 Å². The van der Waals surface area contributed by atoms with Gasteiger partial charge in [-0.3, -0.25) is 14.4 Å². The second kappa shape index (κ2) is 9.89. The summed E-state index contributed by atoms with van der Waals surface area (Å²) in [7, 11) is 1.58. The van der Waals surface area contributed by atoms with E-state index in [9.17, 15) is 29.7 Å². The molecule has 0 spiro atoms. The minimum absolute atomic E-state index is 0.0859. The number of nitrogens with one attached hydrogen (secondary N) is 1. The maximum atomic E-state index is 13.7. The van der Waals surface area contributed by atoms with Gasteiger partial charge in [-0.15, -0.1) is 0 Å². The van der Waals surface area contributed by atoms with E-state index in [4.69, 9.17) is 10.5 Å². The van der Waals surface area contributed by atoms with Gasteiger partial charge in [0.25, 0.3) is 5.91 Å². The third-order valence-corrected chi connectivity index (χ3v) is 8.04. The molecule has 3 atom stereocenters. The predicted molar refractivity (Wildman–Crippen MR) is 144 cm³/mol. The maximum Gasteiger partial charge on any atom is 0.255 e. The highest BCUT2D eigenvalue weighted by Gasteiger charge is 2.51. The van der Waals surface area contributed by atoms with Gasteiger partial charge in [-0.2, -0.15) is 0 Å². The number of phenolic OH excluding ortho intramolecular Hbond substituents is 1. The van der Waals surface area contributed by atoms with Crippen molar-refractivity contribution in [2.24, 2.45) is 23.5 Å². The topological polar surface area (TPSA) is 159 Å². The number of aliphatic hydroxyl groups excluding tert-OH is 2. The number of hydrogen-bond donors (Lipinski definition) is 5. The van der Waals surface area contributed by atoms with E-state index in [0.29, 0.717) is 36.7 Å². The molecule has 1 amide bonds. The molecule has 204 valence electrons. The lowest BCUT2D eigenvalue weighted by Gasteiger charge is -2.41. The fourth-order valence-electron chi connectivity index (χ4n) is 6.29. The molecule has 6 N–H and O–H groups in total. The third-order valence-electron chi connectivity index (χ3n) is 8.04. The van der Waals surface area contributed by atoms with Gasteiger partial charge in [0.15, 0.2) is 11.6 Å². The fraction of sp³-hybridized carbons (Fsp3) is 0.367. The van der Waals surface area contributed by atoms with Crippen molar-refractivity contribution in [3.05, 3.63) is 63.9 Å². The number of ether oxygens (including phenoxy) is 1. The zero-order valence-corrected chi connectivity index (χ0v) is 22.1. The van der Waals surface area contributed by atoms with Crippen molar-refractivity contribution in [3.63, 3.8) is 0 Å². The number of fused-ring (bicyclic) bond motifs is 3. The lowest BCUT2D eigenvalue weighted by atomic mass is 9.61. The average molecular weight is 533 g/mol. The lowest BCUT2D eigenvalue weighted by Crippen LogP contribution is -2.44. The molecule has 0 aromatic heterocycles. The van der Waals surface area contributed by atoms with E-state index in [2.05, 4.69) is 19.2 Å². The summed E-state index contributed by atoms with van der Waals surface area (Å²) < 4.78 is 5.66. The quantitative estimate of drug-likeness (QED) is 0.354. The molecule has 2 aromatic rings. The van der Waals surface area contributed by atoms with Crippen LogP contribution >= 0.6 is 0 Å². The summed E-state index contributed by atoms with van der Waals surface area (Å²) >= 11 is 0. The summed E-state index contributed by atoms with van der Waals surface area (Å²) in [5, 5.41) is 36.4. The van der Waals surface area contributed by atoms with Gasteiger partial charge in [0.2, 0.25) is 0 Å². The Morgan fingerprint density at radius 3 is 2.51 bits per heavy atom. The molecule has 0 aliphatic heterocycles. The molecule has 9 heteroatoms. The summed E-state index contributed by atoms with van der Waals surface area (Å²) in [6.45, 7) is 4.77. The van der Waals surface area contributed by atoms with Crippen LogP contribution in [-0.2, 0) is 27.3 Å². The number of benzene rings is 2. The van der Waals surface area contributed by atoms with Crippen molar-refractivity contribution in [1.82, 2.24) is 5.32 Å². The molecule has 5 rings (SSSR count). The molecular formula is C30H32N2O7. The van der Waals surface area contributed by atoms with Crippen molar-refractivity contribution in [2.75, 3.05) is 7.11 Å². The van der Waals surface area contributed by atoms with Crippen molar-refractivity contribution in [1.29, 1.82) is 0 Å². The Morgan fingerprint density at radius 1 is 1.10 bits per heavy atom. The Hall–Kier alpha value is -4.11. The highest BCUT2D eigenvalue weighted by Crippen LogP contribution is 2.52. The second-order valence-electron chi connectivity index (χ2n) is 10.8. The first-order chi connectivity index (χ1) is 18.5. The Labute approximate surface area is 226 Å². The first-order valence-corrected chi connectivity index (χ1v) is 13.0. The van der Waals surface area contributed by atoms with Crippen LogP contribution in [0.1, 0.15) is 43.4 Å². The van der Waals surface area contributed by atoms with E-state index in [-0.39, 0.29) is 29.1 Å². The number of aliphatic hydroxyl groups is 2. The van der Waals surface area contributed by atoms with Gasteiger partial charge in [-0.05, 0) is 59.6 Å². The number of carbonyl (C=O) groups excluding carboxylic acids is 3. The van der Waals surface area contributed by atoms with E-state index in [1.165, 1.54) is 6.07 Å². The standard InChI is InChI=1S/C30H32N2O7/c1-13(2)32-12-14-4-7-22(39-3)18(8-14)17-5-6-20(33)25-19(17)10-15-9-16-11-21(34)26(30(31)38)29(37)24(16)27(35)23(15)28(25)36/h4-8,13,15-16,24,32-33,36-37H,9-12H2,1-3H3,(H2,31,38). The molecule has 0 radical (unpaired) electrons. The van der Waals surface area contributed by atoms with Crippen LogP contribution in [0.3, 0.4) is 0 Å². The molecule has 2 aromatic carbocycles. The zero-order chi connectivity index (χ0) is 28.2. The van der Waals surface area contributed by atoms with Gasteiger partial charge in [-0.1, -0.05) is 26.0 Å². The first-order valence-electron chi connectivity index (χ1n) is 13.0. The number of carbonyl (C=O) groups is 3. The van der Waals surface area contributed by atoms with E-state index in [1.807, 2.05) is 18.2 Å². The minimum Gasteiger partial charge on any atom is -0.511 e.